The van der Waals surface area contributed by atoms with Gasteiger partial charge in [0, 0.05) is 41.4 Å². The highest BCUT2D eigenvalue weighted by molar-refractivity contribution is 5.92. The number of hydrogen-bond acceptors (Lipinski definition) is 7. The number of nitrogens with two attached hydrogens (primary N) is 1. The van der Waals surface area contributed by atoms with Gasteiger partial charge >= 0.3 is 5.97 Å². The largest absolute Gasteiger partial charge is 0.490 e. The number of nitrogens with one attached hydrogen (secondary N) is 2. The van der Waals surface area contributed by atoms with Crippen molar-refractivity contribution in [1.82, 2.24) is 15.3 Å². The van der Waals surface area contributed by atoms with Gasteiger partial charge in [-0.1, -0.05) is 36.4 Å². The number of carboxylic acids is 1. The first-order valence-electron chi connectivity index (χ1n) is 14.4. The molecule has 10 nitrogen and oxygen atoms in total. The van der Waals surface area contributed by atoms with Gasteiger partial charge in [0.15, 0.2) is 0 Å². The summed E-state index contributed by atoms with van der Waals surface area (Å²) in [6.45, 7) is 6.58. The summed E-state index contributed by atoms with van der Waals surface area (Å²) in [6, 6.07) is 25.6. The molecule has 0 spiro atoms. The highest BCUT2D eigenvalue weighted by atomic mass is 16.5. The van der Waals surface area contributed by atoms with Gasteiger partial charge in [-0.2, -0.15) is 0 Å². The van der Waals surface area contributed by atoms with Crippen LogP contribution in [0.25, 0.3) is 10.9 Å². The number of carboxylic acid groups (broad SMARTS) is 1. The van der Waals surface area contributed by atoms with Crippen LogP contribution in [0.3, 0.4) is 0 Å². The van der Waals surface area contributed by atoms with Crippen molar-refractivity contribution in [1.29, 1.82) is 0 Å². The van der Waals surface area contributed by atoms with E-state index in [-0.39, 0.29) is 12.1 Å². The third kappa shape index (κ3) is 9.65. The number of aromatic nitrogens is 2. The first-order chi connectivity index (χ1) is 21.5. The van der Waals surface area contributed by atoms with Crippen molar-refractivity contribution in [3.8, 4) is 17.4 Å². The number of aromatic amines is 1. The molecule has 5 rings (SSSR count). The van der Waals surface area contributed by atoms with E-state index in [9.17, 15) is 14.7 Å². The lowest BCUT2D eigenvalue weighted by atomic mass is 9.94. The number of ether oxygens (including phenoxy) is 2. The topological polar surface area (TPSA) is 160 Å². The van der Waals surface area contributed by atoms with Gasteiger partial charge in [0.1, 0.15) is 24.2 Å². The predicted octanol–water partition coefficient (Wildman–Crippen LogP) is 5.50. The Kier molecular flexibility index (Phi) is 10.9. The lowest BCUT2D eigenvalue weighted by Gasteiger charge is -2.28. The number of hydrogen-bond donors (Lipinski definition) is 5. The number of carbonyl (C=O) groups is 2. The van der Waals surface area contributed by atoms with Gasteiger partial charge in [-0.05, 0) is 80.8 Å². The SMILES string of the molecule is CC(C)(Cc1ccc(Oc2ccc(C(N)=O)cn2)cc1)NC[C@H](O)COc1cccc2[nH]ccc12.Cc1ccccc1C(=O)O. The number of nitrogens with zero attached hydrogens (tertiary/aromatic N) is 1. The van der Waals surface area contributed by atoms with Crippen molar-refractivity contribution in [3.63, 3.8) is 0 Å². The number of aliphatic hydroxyl groups is 1. The molecule has 6 N–H and O–H groups in total. The van der Waals surface area contributed by atoms with E-state index in [0.29, 0.717) is 29.3 Å². The molecule has 0 saturated heterocycles. The molecule has 0 fully saturated rings. The van der Waals surface area contributed by atoms with Gasteiger partial charge in [0.25, 0.3) is 0 Å². The summed E-state index contributed by atoms with van der Waals surface area (Å²) in [4.78, 5) is 28.8. The normalized spacial score (nSPS) is 11.7. The predicted molar refractivity (Wildman–Crippen MR) is 173 cm³/mol. The van der Waals surface area contributed by atoms with E-state index in [1.54, 1.807) is 37.3 Å². The lowest BCUT2D eigenvalue weighted by Crippen LogP contribution is -2.46. The van der Waals surface area contributed by atoms with Crippen molar-refractivity contribution in [2.75, 3.05) is 13.2 Å². The minimum atomic E-state index is -0.863. The van der Waals surface area contributed by atoms with Gasteiger partial charge in [0.05, 0.1) is 11.1 Å². The van der Waals surface area contributed by atoms with E-state index in [1.165, 1.54) is 6.20 Å². The summed E-state index contributed by atoms with van der Waals surface area (Å²) in [5, 5.41) is 23.4. The number of β-amino-alcohol motifs (C(OH)–C–C–N with tert-alkyl or cyclic N) is 1. The number of carbonyl (C=O) groups excluding carboxylic acids is 1. The van der Waals surface area contributed by atoms with Crippen LogP contribution in [0.15, 0.2) is 97.3 Å². The molecule has 3 aromatic carbocycles. The van der Waals surface area contributed by atoms with E-state index in [2.05, 4.69) is 29.1 Å². The lowest BCUT2D eigenvalue weighted by molar-refractivity contribution is 0.0695. The maximum absolute atomic E-state index is 11.1. The molecule has 10 heteroatoms. The van der Waals surface area contributed by atoms with Crippen molar-refractivity contribution in [2.24, 2.45) is 5.73 Å². The van der Waals surface area contributed by atoms with Crippen LogP contribution < -0.4 is 20.5 Å². The van der Waals surface area contributed by atoms with Crippen LogP contribution in [0.1, 0.15) is 45.7 Å². The summed E-state index contributed by atoms with van der Waals surface area (Å²) in [7, 11) is 0. The number of fused-ring (bicyclic) bond motifs is 1. The second-order valence-electron chi connectivity index (χ2n) is 11.2. The Morgan fingerprint density at radius 1 is 1.00 bits per heavy atom. The molecule has 2 aromatic heterocycles. The Morgan fingerprint density at radius 2 is 1.76 bits per heavy atom. The van der Waals surface area contributed by atoms with Gasteiger partial charge in [0.2, 0.25) is 11.8 Å². The number of rotatable bonds is 12. The molecule has 0 unspecified atom stereocenters. The molecule has 2 heterocycles. The van der Waals surface area contributed by atoms with Crippen LogP contribution in [0.2, 0.25) is 0 Å². The summed E-state index contributed by atoms with van der Waals surface area (Å²) in [5.74, 6) is 0.387. The van der Waals surface area contributed by atoms with Gasteiger partial charge < -0.3 is 35.7 Å². The van der Waals surface area contributed by atoms with Crippen LogP contribution in [-0.4, -0.2) is 56.9 Å². The Morgan fingerprint density at radius 3 is 2.40 bits per heavy atom. The first-order valence-corrected chi connectivity index (χ1v) is 14.4. The minimum absolute atomic E-state index is 0.202. The molecule has 0 bridgehead atoms. The summed E-state index contributed by atoms with van der Waals surface area (Å²) < 4.78 is 11.6. The standard InChI is InChI=1S/C27H30N4O4.C8H8O2/c1-27(2,31-16-20(32)17-34-24-5-3-4-23-22(24)12-13-29-23)14-18-6-9-21(10-7-18)35-25-11-8-19(15-30-25)26(28)33;1-6-4-2-3-5-7(6)8(9)10/h3-13,15,20,29,31-32H,14,16-17H2,1-2H3,(H2,28,33);2-5H,1H3,(H,9,10)/t20-;/m0./s1. The number of H-pyrrole nitrogens is 1. The zero-order valence-electron chi connectivity index (χ0n) is 25.5. The van der Waals surface area contributed by atoms with Crippen LogP contribution in [0, 0.1) is 6.92 Å². The van der Waals surface area contributed by atoms with Crippen LogP contribution in [-0.2, 0) is 6.42 Å². The molecule has 0 saturated carbocycles. The van der Waals surface area contributed by atoms with E-state index in [0.717, 1.165) is 34.2 Å². The summed E-state index contributed by atoms with van der Waals surface area (Å²) in [6.07, 6.45) is 3.37. The van der Waals surface area contributed by atoms with Crippen molar-refractivity contribution < 1.29 is 29.3 Å². The molecule has 45 heavy (non-hydrogen) atoms. The Balaban J connectivity index is 0.000000392. The fourth-order valence-electron chi connectivity index (χ4n) is 4.59. The van der Waals surface area contributed by atoms with Gasteiger partial charge in [-0.25, -0.2) is 9.78 Å². The summed E-state index contributed by atoms with van der Waals surface area (Å²) in [5.41, 5.74) is 8.62. The average Bonchev–Trinajstić information content (AvgIpc) is 3.50. The Labute approximate surface area is 261 Å². The number of amides is 1. The minimum Gasteiger partial charge on any atom is -0.490 e. The van der Waals surface area contributed by atoms with E-state index >= 15 is 0 Å². The maximum Gasteiger partial charge on any atom is 0.335 e. The zero-order chi connectivity index (χ0) is 32.4. The molecule has 1 atom stereocenters. The van der Waals surface area contributed by atoms with Crippen molar-refractivity contribution in [3.05, 3.63) is 120 Å². The molecule has 0 aliphatic heterocycles. The zero-order valence-corrected chi connectivity index (χ0v) is 25.5. The fraction of sp³-hybridized carbons (Fsp3) is 0.229. The highest BCUT2D eigenvalue weighted by Gasteiger charge is 2.20. The van der Waals surface area contributed by atoms with E-state index < -0.39 is 18.0 Å². The molecule has 5 aromatic rings. The average molecular weight is 611 g/mol. The van der Waals surface area contributed by atoms with Crippen LogP contribution >= 0.6 is 0 Å². The Bertz CT molecular complexity index is 1710. The molecular weight excluding hydrogens is 572 g/mol. The summed E-state index contributed by atoms with van der Waals surface area (Å²) >= 11 is 0. The second-order valence-corrected chi connectivity index (χ2v) is 11.2. The number of aliphatic hydroxyl groups excluding tert-OH is 1. The highest BCUT2D eigenvalue weighted by Crippen LogP contribution is 2.25. The second kappa shape index (κ2) is 15.0. The molecule has 0 radical (unpaired) electrons. The quantitative estimate of drug-likeness (QED) is 0.124. The van der Waals surface area contributed by atoms with Gasteiger partial charge in [-0.15, -0.1) is 0 Å². The third-order valence-corrected chi connectivity index (χ3v) is 6.99. The number of primary amides is 1. The molecule has 1 amide bonds. The number of pyridine rings is 1. The monoisotopic (exact) mass is 610 g/mol. The smallest absolute Gasteiger partial charge is 0.335 e. The van der Waals surface area contributed by atoms with E-state index in [4.69, 9.17) is 20.3 Å². The fourth-order valence-corrected chi connectivity index (χ4v) is 4.59. The number of aryl methyl sites for hydroxylation is 1. The number of benzene rings is 3. The van der Waals surface area contributed by atoms with Crippen LogP contribution in [0.5, 0.6) is 17.4 Å². The molecule has 0 aliphatic rings. The molecular formula is C35H38N4O6. The van der Waals surface area contributed by atoms with Crippen molar-refractivity contribution in [2.45, 2.75) is 38.8 Å². The molecule has 0 aliphatic carbocycles. The maximum atomic E-state index is 11.1. The van der Waals surface area contributed by atoms with Crippen molar-refractivity contribution >= 4 is 22.8 Å². The Hall–Kier alpha value is -5.19. The first kappa shape index (κ1) is 32.7. The third-order valence-electron chi connectivity index (χ3n) is 6.99. The molecule has 234 valence electrons. The van der Waals surface area contributed by atoms with Gasteiger partial charge in [-0.3, -0.25) is 4.79 Å². The van der Waals surface area contributed by atoms with Crippen LogP contribution in [0.4, 0.5) is 0 Å². The van der Waals surface area contributed by atoms with E-state index in [1.807, 2.05) is 60.8 Å². The number of aromatic carboxylic acids is 1.